The van der Waals surface area contributed by atoms with E-state index in [1.54, 1.807) is 6.07 Å². The maximum absolute atomic E-state index is 13.8. The monoisotopic (exact) mass is 311 g/mol. The van der Waals surface area contributed by atoms with Gasteiger partial charge < -0.3 is 0 Å². The predicted molar refractivity (Wildman–Crippen MR) is 68.4 cm³/mol. The molecule has 108 valence electrons. The van der Waals surface area contributed by atoms with Crippen LogP contribution in [0.15, 0.2) is 41.3 Å². The number of hydrogen-bond donors (Lipinski definition) is 0. The molecular formula is C14H8F3NO2S. The quantitative estimate of drug-likeness (QED) is 0.819. The van der Waals surface area contributed by atoms with Crippen molar-refractivity contribution in [2.75, 3.05) is 0 Å². The highest BCUT2D eigenvalue weighted by Gasteiger charge is 2.22. The van der Waals surface area contributed by atoms with Crippen molar-refractivity contribution >= 4 is 9.84 Å². The molecule has 0 heterocycles. The molecule has 2 aromatic carbocycles. The molecule has 3 nitrogen and oxygen atoms in total. The maximum atomic E-state index is 13.8. The lowest BCUT2D eigenvalue weighted by Gasteiger charge is -2.07. The van der Waals surface area contributed by atoms with Gasteiger partial charge in [-0.2, -0.15) is 5.26 Å². The number of nitriles is 1. The molecule has 0 N–H and O–H groups in total. The lowest BCUT2D eigenvalue weighted by molar-refractivity contribution is 0.547. The third-order valence-corrected chi connectivity index (χ3v) is 4.47. The smallest absolute Gasteiger partial charge is 0.185 e. The van der Waals surface area contributed by atoms with Crippen LogP contribution in [0.5, 0.6) is 0 Å². The molecule has 0 radical (unpaired) electrons. The van der Waals surface area contributed by atoms with Crippen molar-refractivity contribution in [3.63, 3.8) is 0 Å². The Morgan fingerprint density at radius 2 is 1.81 bits per heavy atom. The summed E-state index contributed by atoms with van der Waals surface area (Å²) in [5, 5.41) is 8.69. The maximum Gasteiger partial charge on any atom is 0.185 e. The average Bonchev–Trinajstić information content (AvgIpc) is 2.40. The van der Waals surface area contributed by atoms with E-state index in [4.69, 9.17) is 5.26 Å². The first-order valence-corrected chi connectivity index (χ1v) is 7.35. The van der Waals surface area contributed by atoms with E-state index >= 15 is 0 Å². The molecule has 2 aromatic rings. The molecule has 0 amide bonds. The zero-order valence-electron chi connectivity index (χ0n) is 10.5. The first-order chi connectivity index (χ1) is 9.85. The summed E-state index contributed by atoms with van der Waals surface area (Å²) in [5.41, 5.74) is -0.556. The van der Waals surface area contributed by atoms with Crippen LogP contribution in [0, 0.1) is 28.8 Å². The van der Waals surface area contributed by atoms with Crippen LogP contribution in [0.4, 0.5) is 13.2 Å². The molecule has 0 saturated carbocycles. The Morgan fingerprint density at radius 1 is 1.10 bits per heavy atom. The molecule has 0 bridgehead atoms. The summed E-state index contributed by atoms with van der Waals surface area (Å²) >= 11 is 0. The van der Waals surface area contributed by atoms with Crippen molar-refractivity contribution in [3.8, 4) is 6.07 Å². The van der Waals surface area contributed by atoms with E-state index in [-0.39, 0.29) is 11.1 Å². The van der Waals surface area contributed by atoms with E-state index in [2.05, 4.69) is 0 Å². The van der Waals surface area contributed by atoms with Crippen LogP contribution in [-0.4, -0.2) is 8.42 Å². The topological polar surface area (TPSA) is 57.9 Å². The summed E-state index contributed by atoms with van der Waals surface area (Å²) in [7, 11) is -4.20. The van der Waals surface area contributed by atoms with Gasteiger partial charge >= 0.3 is 0 Å². The van der Waals surface area contributed by atoms with Gasteiger partial charge in [0.2, 0.25) is 0 Å². The van der Waals surface area contributed by atoms with Crippen molar-refractivity contribution in [2.24, 2.45) is 0 Å². The van der Waals surface area contributed by atoms with Crippen LogP contribution in [-0.2, 0) is 15.6 Å². The Bertz CT molecular complexity index is 842. The summed E-state index contributed by atoms with van der Waals surface area (Å²) in [6.45, 7) is 0. The largest absolute Gasteiger partial charge is 0.223 e. The molecule has 0 aromatic heterocycles. The summed E-state index contributed by atoms with van der Waals surface area (Å²) in [6.07, 6.45) is 0. The fraction of sp³-hybridized carbons (Fsp3) is 0.0714. The molecule has 0 aliphatic rings. The lowest BCUT2D eigenvalue weighted by Crippen LogP contribution is -2.09. The zero-order valence-corrected chi connectivity index (χ0v) is 11.3. The molecule has 0 spiro atoms. The number of rotatable bonds is 3. The molecule has 2 rings (SSSR count). The summed E-state index contributed by atoms with van der Waals surface area (Å²) < 4.78 is 64.3. The minimum Gasteiger partial charge on any atom is -0.223 e. The van der Waals surface area contributed by atoms with Gasteiger partial charge in [0, 0.05) is 11.6 Å². The van der Waals surface area contributed by atoms with E-state index in [1.807, 2.05) is 0 Å². The first-order valence-electron chi connectivity index (χ1n) is 5.70. The van der Waals surface area contributed by atoms with Crippen molar-refractivity contribution in [1.82, 2.24) is 0 Å². The van der Waals surface area contributed by atoms with Gasteiger partial charge in [-0.05, 0) is 18.2 Å². The Hall–Kier alpha value is -2.33. The van der Waals surface area contributed by atoms with E-state index in [0.29, 0.717) is 6.07 Å². The van der Waals surface area contributed by atoms with E-state index in [9.17, 15) is 21.6 Å². The first kappa shape index (κ1) is 15.1. The van der Waals surface area contributed by atoms with Crippen LogP contribution in [0.25, 0.3) is 0 Å². The van der Waals surface area contributed by atoms with Gasteiger partial charge in [-0.15, -0.1) is 0 Å². The Labute approximate surface area is 119 Å². The molecular weight excluding hydrogens is 303 g/mol. The summed E-state index contributed by atoms with van der Waals surface area (Å²) in [5.74, 6) is -3.95. The molecule has 21 heavy (non-hydrogen) atoms. The predicted octanol–water partition coefficient (Wildman–Crippen LogP) is 2.95. The second-order valence-electron chi connectivity index (χ2n) is 4.22. The van der Waals surface area contributed by atoms with Crippen molar-refractivity contribution in [1.29, 1.82) is 5.26 Å². The van der Waals surface area contributed by atoms with Crippen molar-refractivity contribution < 1.29 is 21.6 Å². The third-order valence-electron chi connectivity index (χ3n) is 2.77. The zero-order chi connectivity index (χ0) is 15.6. The minimum atomic E-state index is -4.20. The van der Waals surface area contributed by atoms with E-state index in [0.717, 1.165) is 12.1 Å². The second-order valence-corrected chi connectivity index (χ2v) is 6.18. The highest BCUT2D eigenvalue weighted by Crippen LogP contribution is 2.22. The standard InChI is InChI=1S/C14H8F3NO2S/c15-11-4-5-13(12(16)6-11)21(19,20)8-10-3-1-2-9(7-18)14(10)17/h1-6H,8H2. The van der Waals surface area contributed by atoms with Gasteiger partial charge in [0.25, 0.3) is 0 Å². The van der Waals surface area contributed by atoms with Crippen LogP contribution in [0.3, 0.4) is 0 Å². The van der Waals surface area contributed by atoms with Crippen molar-refractivity contribution in [2.45, 2.75) is 10.6 Å². The molecule has 7 heteroatoms. The summed E-state index contributed by atoms with van der Waals surface area (Å²) in [6, 6.07) is 7.33. The molecule has 0 aliphatic heterocycles. The highest BCUT2D eigenvalue weighted by atomic mass is 32.2. The number of sulfone groups is 1. The van der Waals surface area contributed by atoms with Gasteiger partial charge in [0.05, 0.1) is 11.3 Å². The fourth-order valence-electron chi connectivity index (χ4n) is 1.79. The Balaban J connectivity index is 2.45. The number of hydrogen-bond acceptors (Lipinski definition) is 3. The molecule has 0 unspecified atom stereocenters. The normalized spacial score (nSPS) is 11.1. The highest BCUT2D eigenvalue weighted by molar-refractivity contribution is 7.90. The molecule has 0 fully saturated rings. The third kappa shape index (κ3) is 3.06. The van der Waals surface area contributed by atoms with Gasteiger partial charge in [-0.3, -0.25) is 0 Å². The molecule has 0 atom stereocenters. The Morgan fingerprint density at radius 3 is 2.43 bits per heavy atom. The van der Waals surface area contributed by atoms with Gasteiger partial charge in [-0.25, -0.2) is 21.6 Å². The number of halogens is 3. The van der Waals surface area contributed by atoms with Gasteiger partial charge in [0.15, 0.2) is 9.84 Å². The SMILES string of the molecule is N#Cc1cccc(CS(=O)(=O)c2ccc(F)cc2F)c1F. The van der Waals surface area contributed by atoms with E-state index < -0.39 is 37.9 Å². The van der Waals surface area contributed by atoms with E-state index in [1.165, 1.54) is 18.2 Å². The molecule has 0 aliphatic carbocycles. The van der Waals surface area contributed by atoms with Crippen molar-refractivity contribution in [3.05, 3.63) is 65.0 Å². The Kier molecular flexibility index (Phi) is 4.00. The number of nitrogens with zero attached hydrogens (tertiary/aromatic N) is 1. The summed E-state index contributed by atoms with van der Waals surface area (Å²) in [4.78, 5) is -0.717. The fourth-order valence-corrected chi connectivity index (χ4v) is 3.21. The molecule has 0 saturated heterocycles. The lowest BCUT2D eigenvalue weighted by atomic mass is 10.1. The van der Waals surface area contributed by atoms with Crippen LogP contribution in [0.1, 0.15) is 11.1 Å². The van der Waals surface area contributed by atoms with Gasteiger partial charge in [-0.1, -0.05) is 12.1 Å². The minimum absolute atomic E-state index is 0.252. The van der Waals surface area contributed by atoms with Gasteiger partial charge in [0.1, 0.15) is 28.4 Å². The van der Waals surface area contributed by atoms with Crippen LogP contribution in [0.2, 0.25) is 0 Å². The van der Waals surface area contributed by atoms with Crippen LogP contribution < -0.4 is 0 Å². The second kappa shape index (κ2) is 5.58. The average molecular weight is 311 g/mol. The van der Waals surface area contributed by atoms with Crippen LogP contribution >= 0.6 is 0 Å². The number of benzene rings is 2.